The minimum atomic E-state index is 0. The van der Waals surface area contributed by atoms with Crippen molar-refractivity contribution in [2.45, 2.75) is 13.5 Å². The lowest BCUT2D eigenvalue weighted by atomic mass is 10.2. The van der Waals surface area contributed by atoms with Gasteiger partial charge in [-0.3, -0.25) is 4.99 Å². The number of nitrogens with zero attached hydrogens (tertiary/aromatic N) is 4. The van der Waals surface area contributed by atoms with Crippen LogP contribution in [0.1, 0.15) is 11.1 Å². The molecule has 1 aliphatic rings. The molecule has 1 saturated heterocycles. The Morgan fingerprint density at radius 3 is 2.53 bits per heavy atom. The van der Waals surface area contributed by atoms with Crippen molar-refractivity contribution >= 4 is 35.8 Å². The number of benzene rings is 1. The molecule has 164 valence electrons. The van der Waals surface area contributed by atoms with Crippen molar-refractivity contribution in [1.82, 2.24) is 20.5 Å². The maximum Gasteiger partial charge on any atom is 0.191 e. The topological polar surface area (TPSA) is 65.0 Å². The fourth-order valence-electron chi connectivity index (χ4n) is 3.24. The number of piperazine rings is 1. The predicted molar refractivity (Wildman–Crippen MR) is 134 cm³/mol. The number of likely N-dealkylation sites (N-methyl/N-ethyl adjacent to an activating group) is 1. The number of aromatic nitrogens is 1. The molecular formula is C22H33IN6O. The van der Waals surface area contributed by atoms with Gasteiger partial charge in [-0.1, -0.05) is 23.8 Å². The molecule has 30 heavy (non-hydrogen) atoms. The zero-order chi connectivity index (χ0) is 20.5. The van der Waals surface area contributed by atoms with E-state index in [1.807, 2.05) is 24.4 Å². The highest BCUT2D eigenvalue weighted by Gasteiger charge is 2.17. The summed E-state index contributed by atoms with van der Waals surface area (Å²) < 4.78 is 5.76. The number of pyridine rings is 1. The fourth-order valence-corrected chi connectivity index (χ4v) is 3.24. The van der Waals surface area contributed by atoms with Crippen molar-refractivity contribution in [2.75, 3.05) is 58.3 Å². The lowest BCUT2D eigenvalue weighted by Gasteiger charge is -2.34. The third-order valence-electron chi connectivity index (χ3n) is 5.02. The van der Waals surface area contributed by atoms with Crippen LogP contribution in [0.4, 0.5) is 5.82 Å². The number of anilines is 1. The van der Waals surface area contributed by atoms with Crippen molar-refractivity contribution in [3.8, 4) is 5.75 Å². The number of hydrogen-bond donors (Lipinski definition) is 2. The van der Waals surface area contributed by atoms with E-state index in [0.717, 1.165) is 43.7 Å². The van der Waals surface area contributed by atoms with Gasteiger partial charge in [-0.05, 0) is 32.2 Å². The molecule has 2 N–H and O–H groups in total. The van der Waals surface area contributed by atoms with Crippen LogP contribution in [0.2, 0.25) is 0 Å². The molecule has 0 amide bonds. The number of nitrogens with one attached hydrogen (secondary N) is 2. The third-order valence-corrected chi connectivity index (χ3v) is 5.02. The van der Waals surface area contributed by atoms with Gasteiger partial charge in [0.1, 0.15) is 18.2 Å². The van der Waals surface area contributed by atoms with E-state index in [1.54, 1.807) is 7.05 Å². The second-order valence-electron chi connectivity index (χ2n) is 7.29. The minimum absolute atomic E-state index is 0. The molecular weight excluding hydrogens is 491 g/mol. The SMILES string of the molecule is CN=C(NCCOc1ccc(C)cc1)NCc1cccnc1N1CCN(C)CC1.I. The smallest absolute Gasteiger partial charge is 0.191 e. The summed E-state index contributed by atoms with van der Waals surface area (Å²) >= 11 is 0. The number of guanidine groups is 1. The van der Waals surface area contributed by atoms with Crippen LogP contribution in [0.15, 0.2) is 47.6 Å². The van der Waals surface area contributed by atoms with E-state index in [9.17, 15) is 0 Å². The molecule has 2 aromatic rings. The van der Waals surface area contributed by atoms with Crippen LogP contribution < -0.4 is 20.3 Å². The Bertz CT molecular complexity index is 790. The molecule has 0 unspecified atom stereocenters. The number of rotatable bonds is 7. The minimum Gasteiger partial charge on any atom is -0.492 e. The first-order chi connectivity index (χ1) is 14.2. The largest absolute Gasteiger partial charge is 0.492 e. The van der Waals surface area contributed by atoms with Gasteiger partial charge >= 0.3 is 0 Å². The van der Waals surface area contributed by atoms with Crippen molar-refractivity contribution in [2.24, 2.45) is 4.99 Å². The average molecular weight is 524 g/mol. The summed E-state index contributed by atoms with van der Waals surface area (Å²) in [7, 11) is 3.94. The van der Waals surface area contributed by atoms with Gasteiger partial charge in [0.2, 0.25) is 0 Å². The van der Waals surface area contributed by atoms with Crippen molar-refractivity contribution in [3.63, 3.8) is 0 Å². The Hall–Kier alpha value is -2.07. The summed E-state index contributed by atoms with van der Waals surface area (Å²) in [6.45, 7) is 8.12. The van der Waals surface area contributed by atoms with Crippen LogP contribution in [0.5, 0.6) is 5.75 Å². The molecule has 8 heteroatoms. The van der Waals surface area contributed by atoms with Crippen LogP contribution in [-0.2, 0) is 6.54 Å². The Morgan fingerprint density at radius 2 is 1.83 bits per heavy atom. The van der Waals surface area contributed by atoms with Gasteiger partial charge in [0.15, 0.2) is 5.96 Å². The van der Waals surface area contributed by atoms with E-state index in [4.69, 9.17) is 4.74 Å². The zero-order valence-electron chi connectivity index (χ0n) is 18.1. The fraction of sp³-hybridized carbons (Fsp3) is 0.455. The summed E-state index contributed by atoms with van der Waals surface area (Å²) in [6, 6.07) is 12.2. The lowest BCUT2D eigenvalue weighted by molar-refractivity contribution is 0.311. The first kappa shape index (κ1) is 24.2. The summed E-state index contributed by atoms with van der Waals surface area (Å²) in [4.78, 5) is 13.7. The van der Waals surface area contributed by atoms with Crippen LogP contribution in [0.25, 0.3) is 0 Å². The van der Waals surface area contributed by atoms with Gasteiger partial charge in [0, 0.05) is 51.5 Å². The Morgan fingerprint density at radius 1 is 1.10 bits per heavy atom. The zero-order valence-corrected chi connectivity index (χ0v) is 20.4. The molecule has 7 nitrogen and oxygen atoms in total. The second-order valence-corrected chi connectivity index (χ2v) is 7.29. The second kappa shape index (κ2) is 12.6. The van der Waals surface area contributed by atoms with E-state index in [2.05, 4.69) is 62.6 Å². The number of ether oxygens (including phenoxy) is 1. The summed E-state index contributed by atoms with van der Waals surface area (Å²) in [5.41, 5.74) is 2.40. The van der Waals surface area contributed by atoms with E-state index in [-0.39, 0.29) is 24.0 Å². The predicted octanol–water partition coefficient (Wildman–Crippen LogP) is 2.50. The maximum absolute atomic E-state index is 5.76. The molecule has 1 fully saturated rings. The van der Waals surface area contributed by atoms with Gasteiger partial charge in [0.25, 0.3) is 0 Å². The normalized spacial score (nSPS) is 14.8. The number of aryl methyl sites for hydroxylation is 1. The first-order valence-electron chi connectivity index (χ1n) is 10.2. The molecule has 0 saturated carbocycles. The molecule has 0 aliphatic carbocycles. The van der Waals surface area contributed by atoms with Crippen molar-refractivity contribution < 1.29 is 4.74 Å². The Balaban J connectivity index is 0.00000320. The van der Waals surface area contributed by atoms with E-state index < -0.39 is 0 Å². The molecule has 1 aromatic heterocycles. The van der Waals surface area contributed by atoms with Crippen LogP contribution in [-0.4, -0.2) is 69.3 Å². The highest BCUT2D eigenvalue weighted by molar-refractivity contribution is 14.0. The van der Waals surface area contributed by atoms with E-state index in [0.29, 0.717) is 19.7 Å². The van der Waals surface area contributed by atoms with Crippen molar-refractivity contribution in [1.29, 1.82) is 0 Å². The molecule has 0 atom stereocenters. The monoisotopic (exact) mass is 524 g/mol. The van der Waals surface area contributed by atoms with Crippen LogP contribution in [0, 0.1) is 6.92 Å². The highest BCUT2D eigenvalue weighted by Crippen LogP contribution is 2.18. The Labute approximate surface area is 196 Å². The summed E-state index contributed by atoms with van der Waals surface area (Å²) in [5, 5.41) is 6.69. The Kier molecular flexibility index (Phi) is 10.2. The molecule has 1 aliphatic heterocycles. The third kappa shape index (κ3) is 7.32. The van der Waals surface area contributed by atoms with E-state index >= 15 is 0 Å². The molecule has 0 radical (unpaired) electrons. The molecule has 0 spiro atoms. The molecule has 2 heterocycles. The van der Waals surface area contributed by atoms with Gasteiger partial charge in [-0.25, -0.2) is 4.98 Å². The van der Waals surface area contributed by atoms with Gasteiger partial charge in [0.05, 0.1) is 6.54 Å². The molecule has 1 aromatic carbocycles. The summed E-state index contributed by atoms with van der Waals surface area (Å²) in [5.74, 6) is 2.70. The number of aliphatic imine (C=N–C) groups is 1. The first-order valence-corrected chi connectivity index (χ1v) is 10.2. The standard InChI is InChI=1S/C22H32N6O.HI/c1-18-6-8-20(9-7-18)29-16-11-25-22(23-2)26-17-19-5-4-10-24-21(19)28-14-12-27(3)13-15-28;/h4-10H,11-17H2,1-3H3,(H2,23,25,26);1H. The average Bonchev–Trinajstić information content (AvgIpc) is 2.75. The molecule has 3 rings (SSSR count). The molecule has 0 bridgehead atoms. The highest BCUT2D eigenvalue weighted by atomic mass is 127. The van der Waals surface area contributed by atoms with Crippen LogP contribution in [0.3, 0.4) is 0 Å². The maximum atomic E-state index is 5.76. The van der Waals surface area contributed by atoms with Crippen molar-refractivity contribution in [3.05, 3.63) is 53.7 Å². The quantitative estimate of drug-likeness (QED) is 0.251. The number of halogens is 1. The van der Waals surface area contributed by atoms with Gasteiger partial charge in [-0.2, -0.15) is 0 Å². The van der Waals surface area contributed by atoms with Gasteiger partial charge < -0.3 is 25.2 Å². The number of hydrogen-bond acceptors (Lipinski definition) is 5. The summed E-state index contributed by atoms with van der Waals surface area (Å²) in [6.07, 6.45) is 1.87. The van der Waals surface area contributed by atoms with Crippen LogP contribution >= 0.6 is 24.0 Å². The van der Waals surface area contributed by atoms with Gasteiger partial charge in [-0.15, -0.1) is 24.0 Å². The van der Waals surface area contributed by atoms with E-state index in [1.165, 1.54) is 11.1 Å². The lowest BCUT2D eigenvalue weighted by Crippen LogP contribution is -2.45.